The molecule has 1 amide bonds. The lowest BCUT2D eigenvalue weighted by atomic mass is 9.98. The number of hydrogen-bond acceptors (Lipinski definition) is 12. The van der Waals surface area contributed by atoms with Crippen molar-refractivity contribution < 1.29 is 21.6 Å². The maximum absolute atomic E-state index is 13.4. The number of amides is 1. The summed E-state index contributed by atoms with van der Waals surface area (Å²) < 4.78 is 55.1. The van der Waals surface area contributed by atoms with E-state index in [0.717, 1.165) is 0 Å². The number of nitrogens with one attached hydrogen (secondary N) is 4. The van der Waals surface area contributed by atoms with Crippen molar-refractivity contribution in [2.45, 2.75) is 22.3 Å². The number of nitrogens with two attached hydrogens (primary N) is 2. The number of benzene rings is 2. The number of carbonyl (C=O) groups excluding carboxylic acids is 1. The van der Waals surface area contributed by atoms with Crippen LogP contribution in [-0.4, -0.2) is 67.5 Å². The molecule has 1 aliphatic heterocycles. The second-order valence-electron chi connectivity index (χ2n) is 8.51. The number of rotatable bonds is 9. The molecule has 0 spiro atoms. The summed E-state index contributed by atoms with van der Waals surface area (Å²) in [5.74, 6) is -0.833. The third-order valence-electron chi connectivity index (χ3n) is 5.83. The zero-order valence-electron chi connectivity index (χ0n) is 19.9. The minimum Gasteiger partial charge on any atom is -0.364 e. The number of anilines is 2. The molecule has 8 N–H and O–H groups in total. The Balaban J connectivity index is 1.65. The summed E-state index contributed by atoms with van der Waals surface area (Å²) >= 11 is 1.17. The standard InChI is InChI=1S/C21H22N10O5S3/c22-19(32)15-10-37-21(26-15)25-12-3-1-2-11(8-12)14-4-5-16(39(35,36)29-13-6-7-24-9-13)18(38(23,33)34)17(14)20-27-30-31-28-20/h1-5,8,10,13,24,29H,6-7,9H2,(H2,22,32)(H,25,26)(H2,23,33,34)(H,27,28,30,31)/t13-/m1/s1. The average molecular weight is 591 g/mol. The van der Waals surface area contributed by atoms with E-state index in [1.54, 1.807) is 24.3 Å². The number of primary sulfonamides is 1. The lowest BCUT2D eigenvalue weighted by Gasteiger charge is -2.18. The number of nitrogens with zero attached hydrogens (tertiary/aromatic N) is 4. The van der Waals surface area contributed by atoms with Gasteiger partial charge >= 0.3 is 0 Å². The monoisotopic (exact) mass is 590 g/mol. The van der Waals surface area contributed by atoms with Crippen molar-refractivity contribution in [2.75, 3.05) is 18.4 Å². The van der Waals surface area contributed by atoms with Gasteiger partial charge in [0.1, 0.15) is 15.5 Å². The van der Waals surface area contributed by atoms with Crippen LogP contribution in [0.3, 0.4) is 0 Å². The molecule has 0 radical (unpaired) electrons. The van der Waals surface area contributed by atoms with Crippen molar-refractivity contribution in [3.63, 3.8) is 0 Å². The van der Waals surface area contributed by atoms with Crippen LogP contribution in [0.2, 0.25) is 0 Å². The van der Waals surface area contributed by atoms with E-state index in [0.29, 0.717) is 35.9 Å². The molecule has 0 bridgehead atoms. The van der Waals surface area contributed by atoms with Gasteiger partial charge in [-0.3, -0.25) is 4.79 Å². The average Bonchev–Trinajstić information content (AvgIpc) is 3.66. The summed E-state index contributed by atoms with van der Waals surface area (Å²) in [5, 5.41) is 27.2. The van der Waals surface area contributed by atoms with Crippen molar-refractivity contribution in [3.05, 3.63) is 47.5 Å². The highest BCUT2D eigenvalue weighted by atomic mass is 32.2. The first-order chi connectivity index (χ1) is 18.5. The molecule has 0 saturated carbocycles. The quantitative estimate of drug-likeness (QED) is 0.153. The Hall–Kier alpha value is -3.81. The van der Waals surface area contributed by atoms with E-state index >= 15 is 0 Å². The van der Waals surface area contributed by atoms with E-state index in [2.05, 4.69) is 41.0 Å². The molecule has 5 rings (SSSR count). The van der Waals surface area contributed by atoms with Gasteiger partial charge in [0.2, 0.25) is 25.9 Å². The van der Waals surface area contributed by atoms with Crippen molar-refractivity contribution >= 4 is 48.1 Å². The molecule has 4 aromatic rings. The number of primary amides is 1. The first-order valence-electron chi connectivity index (χ1n) is 11.3. The molecule has 1 saturated heterocycles. The van der Waals surface area contributed by atoms with Gasteiger partial charge in [-0.1, -0.05) is 18.2 Å². The Morgan fingerprint density at radius 1 is 1.15 bits per heavy atom. The molecular weight excluding hydrogens is 568 g/mol. The van der Waals surface area contributed by atoms with Crippen LogP contribution in [0.25, 0.3) is 22.5 Å². The minimum atomic E-state index is -4.63. The zero-order chi connectivity index (χ0) is 27.8. The van der Waals surface area contributed by atoms with Gasteiger partial charge in [0, 0.05) is 23.7 Å². The molecule has 2 aromatic heterocycles. The lowest BCUT2D eigenvalue weighted by Crippen LogP contribution is -2.37. The molecule has 3 heterocycles. The van der Waals surface area contributed by atoms with E-state index in [4.69, 9.17) is 10.9 Å². The number of aromatic amines is 1. The number of sulfonamides is 2. The van der Waals surface area contributed by atoms with Gasteiger partial charge in [-0.05, 0) is 47.5 Å². The number of aromatic nitrogens is 5. The fourth-order valence-electron chi connectivity index (χ4n) is 4.16. The Morgan fingerprint density at radius 2 is 1.97 bits per heavy atom. The molecule has 0 aliphatic carbocycles. The maximum Gasteiger partial charge on any atom is 0.268 e. The molecule has 2 aromatic carbocycles. The van der Waals surface area contributed by atoms with Crippen molar-refractivity contribution in [2.24, 2.45) is 10.9 Å². The SMILES string of the molecule is NC(=O)c1csc(Nc2cccc(-c3ccc(S(=O)(=O)N[C@@H]4CCNC4)c(S(N)(=O)=O)c3-c3nn[nH]n3)c2)n1. The van der Waals surface area contributed by atoms with Gasteiger partial charge in [0.05, 0.1) is 5.56 Å². The fraction of sp³-hybridized carbons (Fsp3) is 0.190. The van der Waals surface area contributed by atoms with Crippen molar-refractivity contribution in [1.82, 2.24) is 35.6 Å². The Labute approximate surface area is 226 Å². The molecule has 39 heavy (non-hydrogen) atoms. The molecule has 1 aliphatic rings. The largest absolute Gasteiger partial charge is 0.364 e. The Bertz CT molecular complexity index is 1750. The van der Waals surface area contributed by atoms with Gasteiger partial charge < -0.3 is 16.4 Å². The molecule has 204 valence electrons. The fourth-order valence-corrected chi connectivity index (χ4v) is 7.75. The predicted octanol–water partition coefficient (Wildman–Crippen LogP) is 0.120. The highest BCUT2D eigenvalue weighted by Gasteiger charge is 2.33. The molecular formula is C21H22N10O5S3. The van der Waals surface area contributed by atoms with E-state index in [1.807, 2.05) is 0 Å². The van der Waals surface area contributed by atoms with E-state index < -0.39 is 41.8 Å². The van der Waals surface area contributed by atoms with Gasteiger partial charge in [-0.25, -0.2) is 31.7 Å². The summed E-state index contributed by atoms with van der Waals surface area (Å²) in [6.07, 6.45) is 0.541. The molecule has 15 nitrogen and oxygen atoms in total. The first-order valence-corrected chi connectivity index (χ1v) is 15.2. The van der Waals surface area contributed by atoms with Crippen LogP contribution in [-0.2, 0) is 20.0 Å². The second kappa shape index (κ2) is 10.4. The topological polar surface area (TPSA) is 241 Å². The summed E-state index contributed by atoms with van der Waals surface area (Å²) in [6, 6.07) is 9.00. The summed E-state index contributed by atoms with van der Waals surface area (Å²) in [7, 11) is -8.94. The zero-order valence-corrected chi connectivity index (χ0v) is 22.4. The van der Waals surface area contributed by atoms with Gasteiger partial charge in [0.25, 0.3) is 5.91 Å². The van der Waals surface area contributed by atoms with Crippen LogP contribution in [0, 0.1) is 0 Å². The van der Waals surface area contributed by atoms with Gasteiger partial charge in [-0.2, -0.15) is 5.21 Å². The first kappa shape index (κ1) is 26.8. The highest BCUT2D eigenvalue weighted by molar-refractivity contribution is 7.92. The van der Waals surface area contributed by atoms with Gasteiger partial charge in [0.15, 0.2) is 5.13 Å². The number of thiazole rings is 1. The normalized spacial score (nSPS) is 15.9. The van der Waals surface area contributed by atoms with Crippen LogP contribution in [0.1, 0.15) is 16.9 Å². The summed E-state index contributed by atoms with van der Waals surface area (Å²) in [5.41, 5.74) is 6.54. The molecule has 0 unspecified atom stereocenters. The lowest BCUT2D eigenvalue weighted by molar-refractivity contribution is 0.0996. The summed E-state index contributed by atoms with van der Waals surface area (Å²) in [6.45, 7) is 1.02. The smallest absolute Gasteiger partial charge is 0.268 e. The van der Waals surface area contributed by atoms with E-state index in [-0.39, 0.29) is 22.6 Å². The Morgan fingerprint density at radius 3 is 2.62 bits per heavy atom. The number of H-pyrrole nitrogens is 1. The second-order valence-corrected chi connectivity index (χ2v) is 12.6. The van der Waals surface area contributed by atoms with Crippen molar-refractivity contribution in [3.8, 4) is 22.5 Å². The predicted molar refractivity (Wildman–Crippen MR) is 142 cm³/mol. The third-order valence-corrected chi connectivity index (χ3v) is 9.27. The van der Waals surface area contributed by atoms with Crippen LogP contribution in [0.4, 0.5) is 10.8 Å². The van der Waals surface area contributed by atoms with Gasteiger partial charge in [-0.15, -0.1) is 21.5 Å². The third kappa shape index (κ3) is 5.65. The molecule has 1 atom stereocenters. The maximum atomic E-state index is 13.4. The Kier molecular flexibility index (Phi) is 7.14. The number of hydrogen-bond donors (Lipinski definition) is 6. The van der Waals surface area contributed by atoms with Crippen LogP contribution >= 0.6 is 11.3 Å². The minimum absolute atomic E-state index is 0.106. The van der Waals surface area contributed by atoms with Crippen LogP contribution in [0.5, 0.6) is 0 Å². The van der Waals surface area contributed by atoms with E-state index in [1.165, 1.54) is 28.8 Å². The highest BCUT2D eigenvalue weighted by Crippen LogP contribution is 2.39. The van der Waals surface area contributed by atoms with Crippen molar-refractivity contribution in [1.29, 1.82) is 0 Å². The van der Waals surface area contributed by atoms with Crippen LogP contribution in [0.15, 0.2) is 51.6 Å². The summed E-state index contributed by atoms with van der Waals surface area (Å²) in [4.78, 5) is 14.3. The van der Waals surface area contributed by atoms with E-state index in [9.17, 15) is 21.6 Å². The van der Waals surface area contributed by atoms with Crippen LogP contribution < -0.4 is 26.2 Å². The molecule has 1 fully saturated rings. The molecule has 18 heteroatoms. The number of tetrazole rings is 1. The number of carbonyl (C=O) groups is 1.